The highest BCUT2D eigenvalue weighted by atomic mass is 32.1. The third-order valence-electron chi connectivity index (χ3n) is 4.82. The topological polar surface area (TPSA) is 75.5 Å². The number of anilines is 1. The van der Waals surface area contributed by atoms with Crippen LogP contribution in [0.15, 0.2) is 60.1 Å². The number of benzene rings is 2. The summed E-state index contributed by atoms with van der Waals surface area (Å²) in [6.07, 6.45) is 2.20. The second-order valence-electron chi connectivity index (χ2n) is 6.61. The van der Waals surface area contributed by atoms with Crippen LogP contribution in [0.25, 0.3) is 16.2 Å². The molecule has 28 heavy (non-hydrogen) atoms. The smallest absolute Gasteiger partial charge is 0.251 e. The van der Waals surface area contributed by atoms with Gasteiger partial charge in [0.15, 0.2) is 4.96 Å². The molecule has 0 atom stereocenters. The van der Waals surface area contributed by atoms with E-state index >= 15 is 0 Å². The number of imidazole rings is 1. The van der Waals surface area contributed by atoms with Crippen molar-refractivity contribution in [2.45, 2.75) is 13.0 Å². The number of aromatic nitrogens is 2. The fourth-order valence-electron chi connectivity index (χ4n) is 3.43. The van der Waals surface area contributed by atoms with Crippen molar-refractivity contribution >= 4 is 33.8 Å². The Balaban J connectivity index is 1.38. The van der Waals surface area contributed by atoms with Gasteiger partial charge in [-0.25, -0.2) is 4.98 Å². The molecule has 3 heterocycles. The Labute approximate surface area is 164 Å². The second kappa shape index (κ2) is 6.61. The normalized spacial score (nSPS) is 12.8. The van der Waals surface area contributed by atoms with Gasteiger partial charge in [-0.2, -0.15) is 0 Å². The zero-order valence-corrected chi connectivity index (χ0v) is 15.6. The first-order chi connectivity index (χ1) is 13.7. The van der Waals surface area contributed by atoms with Gasteiger partial charge in [-0.15, -0.1) is 11.3 Å². The van der Waals surface area contributed by atoms with E-state index in [-0.39, 0.29) is 18.2 Å². The SMILES string of the molecule is O=C(Cc1csc2nc(-c3ccccc3)cn12)Nc1cccc2c1CNC2=O. The predicted octanol–water partition coefficient (Wildman–Crippen LogP) is 3.49. The monoisotopic (exact) mass is 388 g/mol. The number of nitrogens with zero attached hydrogens (tertiary/aromatic N) is 2. The molecule has 0 saturated heterocycles. The largest absolute Gasteiger partial charge is 0.348 e. The quantitative estimate of drug-likeness (QED) is 0.562. The molecule has 5 rings (SSSR count). The Hall–Kier alpha value is -3.45. The van der Waals surface area contributed by atoms with Crippen LogP contribution in [0.5, 0.6) is 0 Å². The van der Waals surface area contributed by atoms with Crippen LogP contribution >= 0.6 is 11.3 Å². The molecular weight excluding hydrogens is 372 g/mol. The number of hydrogen-bond acceptors (Lipinski definition) is 4. The number of nitrogens with one attached hydrogen (secondary N) is 2. The third-order valence-corrected chi connectivity index (χ3v) is 5.70. The van der Waals surface area contributed by atoms with Crippen molar-refractivity contribution in [3.63, 3.8) is 0 Å². The zero-order valence-electron chi connectivity index (χ0n) is 14.8. The highest BCUT2D eigenvalue weighted by Gasteiger charge is 2.22. The average Bonchev–Trinajstić information content (AvgIpc) is 3.39. The minimum Gasteiger partial charge on any atom is -0.348 e. The minimum atomic E-state index is -0.123. The molecule has 138 valence electrons. The van der Waals surface area contributed by atoms with Crippen LogP contribution in [0.1, 0.15) is 21.6 Å². The molecule has 0 saturated carbocycles. The molecule has 4 aromatic rings. The van der Waals surface area contributed by atoms with Gasteiger partial charge in [0.2, 0.25) is 5.91 Å². The molecule has 6 nitrogen and oxygen atoms in total. The molecule has 7 heteroatoms. The van der Waals surface area contributed by atoms with Gasteiger partial charge in [0.05, 0.1) is 12.1 Å². The lowest BCUT2D eigenvalue weighted by atomic mass is 10.1. The van der Waals surface area contributed by atoms with E-state index in [0.29, 0.717) is 17.8 Å². The second-order valence-corrected chi connectivity index (χ2v) is 7.45. The van der Waals surface area contributed by atoms with Crippen molar-refractivity contribution in [3.05, 3.63) is 76.9 Å². The van der Waals surface area contributed by atoms with E-state index in [2.05, 4.69) is 15.6 Å². The molecule has 0 radical (unpaired) electrons. The summed E-state index contributed by atoms with van der Waals surface area (Å²) in [5.41, 5.74) is 4.96. The molecule has 0 spiro atoms. The molecule has 0 bridgehead atoms. The lowest BCUT2D eigenvalue weighted by Crippen LogP contribution is -2.16. The minimum absolute atomic E-state index is 0.0995. The van der Waals surface area contributed by atoms with Gasteiger partial charge < -0.3 is 10.6 Å². The number of fused-ring (bicyclic) bond motifs is 2. The van der Waals surface area contributed by atoms with Gasteiger partial charge in [-0.05, 0) is 12.1 Å². The van der Waals surface area contributed by atoms with Crippen molar-refractivity contribution in [1.29, 1.82) is 0 Å². The van der Waals surface area contributed by atoms with Gasteiger partial charge in [-0.3, -0.25) is 14.0 Å². The van der Waals surface area contributed by atoms with Crippen LogP contribution in [-0.4, -0.2) is 21.2 Å². The van der Waals surface area contributed by atoms with Crippen molar-refractivity contribution in [3.8, 4) is 11.3 Å². The number of amides is 2. The molecule has 0 fully saturated rings. The lowest BCUT2D eigenvalue weighted by molar-refractivity contribution is -0.115. The Bertz CT molecular complexity index is 1210. The van der Waals surface area contributed by atoms with Crippen LogP contribution in [0.4, 0.5) is 5.69 Å². The predicted molar refractivity (Wildman–Crippen MR) is 108 cm³/mol. The average molecular weight is 388 g/mol. The maximum absolute atomic E-state index is 12.6. The number of thiazole rings is 1. The van der Waals surface area contributed by atoms with Crippen LogP contribution in [0.3, 0.4) is 0 Å². The van der Waals surface area contributed by atoms with Crippen LogP contribution in [0.2, 0.25) is 0 Å². The van der Waals surface area contributed by atoms with Gasteiger partial charge in [-0.1, -0.05) is 36.4 Å². The van der Waals surface area contributed by atoms with Crippen molar-refractivity contribution in [1.82, 2.24) is 14.7 Å². The summed E-state index contributed by atoms with van der Waals surface area (Å²) in [7, 11) is 0. The summed E-state index contributed by atoms with van der Waals surface area (Å²) in [6, 6.07) is 15.3. The molecule has 0 aliphatic carbocycles. The highest BCUT2D eigenvalue weighted by molar-refractivity contribution is 7.15. The van der Waals surface area contributed by atoms with Crippen LogP contribution < -0.4 is 10.6 Å². The van der Waals surface area contributed by atoms with E-state index in [1.54, 1.807) is 12.1 Å². The first kappa shape index (κ1) is 16.7. The Morgan fingerprint density at radius 2 is 2.04 bits per heavy atom. The number of carbonyl (C=O) groups is 2. The van der Waals surface area contributed by atoms with Gasteiger partial charge in [0.25, 0.3) is 5.91 Å². The fourth-order valence-corrected chi connectivity index (χ4v) is 4.31. The summed E-state index contributed by atoms with van der Waals surface area (Å²) in [6.45, 7) is 0.440. The van der Waals surface area contributed by atoms with Gasteiger partial charge in [0, 0.05) is 46.2 Å². The fraction of sp³-hybridized carbons (Fsp3) is 0.0952. The summed E-state index contributed by atoms with van der Waals surface area (Å²) in [4.78, 5) is 29.9. The van der Waals surface area contributed by atoms with E-state index in [4.69, 9.17) is 0 Å². The summed E-state index contributed by atoms with van der Waals surface area (Å²) in [5, 5.41) is 7.69. The molecule has 2 N–H and O–H groups in total. The van der Waals surface area contributed by atoms with E-state index in [9.17, 15) is 9.59 Å². The number of rotatable bonds is 4. The number of carbonyl (C=O) groups excluding carboxylic acids is 2. The first-order valence-corrected chi connectivity index (χ1v) is 9.78. The highest BCUT2D eigenvalue weighted by Crippen LogP contribution is 2.26. The maximum Gasteiger partial charge on any atom is 0.251 e. The van der Waals surface area contributed by atoms with Gasteiger partial charge in [0.1, 0.15) is 0 Å². The van der Waals surface area contributed by atoms with Crippen LogP contribution in [0, 0.1) is 0 Å². The Morgan fingerprint density at radius 1 is 1.18 bits per heavy atom. The molecule has 1 aliphatic rings. The van der Waals surface area contributed by atoms with E-state index in [1.165, 1.54) is 11.3 Å². The third kappa shape index (κ3) is 2.86. The van der Waals surface area contributed by atoms with Crippen molar-refractivity contribution in [2.75, 3.05) is 5.32 Å². The molecular formula is C21H16N4O2S. The Morgan fingerprint density at radius 3 is 2.89 bits per heavy atom. The van der Waals surface area contributed by atoms with Gasteiger partial charge >= 0.3 is 0 Å². The number of hydrogen-bond donors (Lipinski definition) is 2. The first-order valence-electron chi connectivity index (χ1n) is 8.90. The maximum atomic E-state index is 12.6. The molecule has 2 aromatic heterocycles. The summed E-state index contributed by atoms with van der Waals surface area (Å²) >= 11 is 1.52. The zero-order chi connectivity index (χ0) is 19.1. The summed E-state index contributed by atoms with van der Waals surface area (Å²) in [5.74, 6) is -0.222. The lowest BCUT2D eigenvalue weighted by Gasteiger charge is -2.08. The standard InChI is InChI=1S/C21H16N4O2S/c26-19(23-17-8-4-7-15-16(17)10-22-20(15)27)9-14-12-28-21-24-18(11-25(14)21)13-5-2-1-3-6-13/h1-8,11-12H,9-10H2,(H,22,27)(H,23,26). The van der Waals surface area contributed by atoms with E-state index in [1.807, 2.05) is 52.4 Å². The van der Waals surface area contributed by atoms with Crippen molar-refractivity contribution in [2.24, 2.45) is 0 Å². The summed E-state index contributed by atoms with van der Waals surface area (Å²) < 4.78 is 1.97. The van der Waals surface area contributed by atoms with Crippen LogP contribution in [-0.2, 0) is 17.8 Å². The van der Waals surface area contributed by atoms with E-state index < -0.39 is 0 Å². The molecule has 2 amide bonds. The Kier molecular flexibility index (Phi) is 3.95. The molecule has 0 unspecified atom stereocenters. The van der Waals surface area contributed by atoms with E-state index in [0.717, 1.165) is 27.5 Å². The molecule has 1 aliphatic heterocycles. The molecule has 2 aromatic carbocycles. The van der Waals surface area contributed by atoms with Crippen molar-refractivity contribution < 1.29 is 9.59 Å².